The van der Waals surface area contributed by atoms with Crippen molar-refractivity contribution in [1.29, 1.82) is 0 Å². The van der Waals surface area contributed by atoms with Gasteiger partial charge in [-0.15, -0.1) is 0 Å². The maximum Gasteiger partial charge on any atom is 0.315 e. The predicted molar refractivity (Wildman–Crippen MR) is 94.6 cm³/mol. The van der Waals surface area contributed by atoms with Crippen LogP contribution >= 0.6 is 0 Å². The van der Waals surface area contributed by atoms with Crippen LogP contribution in [0, 0.1) is 5.92 Å². The van der Waals surface area contributed by atoms with Gasteiger partial charge in [0.05, 0.1) is 5.92 Å². The van der Waals surface area contributed by atoms with E-state index in [0.717, 1.165) is 24.3 Å². The van der Waals surface area contributed by atoms with E-state index in [-0.39, 0.29) is 23.8 Å². The average Bonchev–Trinajstić information content (AvgIpc) is 2.58. The molecule has 1 aliphatic heterocycles. The molecule has 1 heterocycles. The zero-order valence-corrected chi connectivity index (χ0v) is 14.9. The Hall–Kier alpha value is -2.24. The number of benzene rings is 1. The number of carbonyl (C=O) groups is 2. The summed E-state index contributed by atoms with van der Waals surface area (Å²) in [5.74, 6) is 0.269. The molecule has 0 saturated heterocycles. The first-order valence-electron chi connectivity index (χ1n) is 8.57. The van der Waals surface area contributed by atoms with E-state index in [4.69, 9.17) is 4.74 Å². The topological polar surface area (TPSA) is 70.7 Å². The third-order valence-electron chi connectivity index (χ3n) is 4.70. The standard InChI is InChI=1S/C18H27N3O3/c1-5-21(6-2)13-7-8-14-12(3)15(9-10-20-18(23)19-4)17(22)24-16(14)11-13/h7-8,11-12,15H,5-6,9-10H2,1-4H3,(H2,19,20,23). The molecule has 6 nitrogen and oxygen atoms in total. The average molecular weight is 333 g/mol. The van der Waals surface area contributed by atoms with Crippen LogP contribution in [0.4, 0.5) is 10.5 Å². The number of anilines is 1. The van der Waals surface area contributed by atoms with Gasteiger partial charge in [0, 0.05) is 38.4 Å². The fourth-order valence-corrected chi connectivity index (χ4v) is 3.18. The van der Waals surface area contributed by atoms with Crippen LogP contribution in [0.2, 0.25) is 0 Å². The first kappa shape index (κ1) is 18.1. The molecule has 0 aliphatic carbocycles. The SMILES string of the molecule is CCN(CC)c1ccc2c(c1)OC(=O)C(CCNC(=O)NC)C2C. The van der Waals surface area contributed by atoms with Crippen LogP contribution in [0.25, 0.3) is 0 Å². The Morgan fingerprint density at radius 3 is 2.62 bits per heavy atom. The summed E-state index contributed by atoms with van der Waals surface area (Å²) >= 11 is 0. The smallest absolute Gasteiger partial charge is 0.315 e. The lowest BCUT2D eigenvalue weighted by Crippen LogP contribution is -2.37. The molecule has 2 atom stereocenters. The Labute approximate surface area is 143 Å². The number of fused-ring (bicyclic) bond motifs is 1. The minimum Gasteiger partial charge on any atom is -0.426 e. The zero-order valence-electron chi connectivity index (χ0n) is 14.9. The summed E-state index contributed by atoms with van der Waals surface area (Å²) in [7, 11) is 1.57. The predicted octanol–water partition coefficient (Wildman–Crippen LogP) is 2.49. The van der Waals surface area contributed by atoms with Gasteiger partial charge in [0.1, 0.15) is 5.75 Å². The molecule has 2 amide bonds. The summed E-state index contributed by atoms with van der Waals surface area (Å²) in [4.78, 5) is 25.8. The highest BCUT2D eigenvalue weighted by Crippen LogP contribution is 2.40. The number of amides is 2. The summed E-state index contributed by atoms with van der Waals surface area (Å²) in [6, 6.07) is 5.85. The van der Waals surface area contributed by atoms with Crippen molar-refractivity contribution in [2.75, 3.05) is 31.6 Å². The molecule has 0 radical (unpaired) electrons. The molecule has 0 spiro atoms. The molecule has 1 aromatic carbocycles. The minimum absolute atomic E-state index is 0.0680. The molecule has 0 aromatic heterocycles. The van der Waals surface area contributed by atoms with Gasteiger partial charge >= 0.3 is 12.0 Å². The second-order valence-corrected chi connectivity index (χ2v) is 6.01. The Morgan fingerprint density at radius 1 is 1.29 bits per heavy atom. The van der Waals surface area contributed by atoms with Gasteiger partial charge in [-0.2, -0.15) is 0 Å². The van der Waals surface area contributed by atoms with E-state index in [1.807, 2.05) is 13.0 Å². The van der Waals surface area contributed by atoms with Crippen LogP contribution < -0.4 is 20.3 Å². The van der Waals surface area contributed by atoms with Gasteiger partial charge in [-0.25, -0.2) is 4.79 Å². The monoisotopic (exact) mass is 333 g/mol. The summed E-state index contributed by atoms with van der Waals surface area (Å²) < 4.78 is 5.58. The fourth-order valence-electron chi connectivity index (χ4n) is 3.18. The van der Waals surface area contributed by atoms with Crippen molar-refractivity contribution >= 4 is 17.7 Å². The molecule has 0 fully saturated rings. The molecule has 24 heavy (non-hydrogen) atoms. The molecule has 6 heteroatoms. The third-order valence-corrected chi connectivity index (χ3v) is 4.70. The number of hydrogen-bond acceptors (Lipinski definition) is 4. The van der Waals surface area contributed by atoms with Crippen molar-refractivity contribution in [2.45, 2.75) is 33.1 Å². The van der Waals surface area contributed by atoms with Crippen molar-refractivity contribution in [1.82, 2.24) is 10.6 Å². The summed E-state index contributed by atoms with van der Waals surface area (Å²) in [5.41, 5.74) is 2.12. The van der Waals surface area contributed by atoms with Crippen molar-refractivity contribution in [3.05, 3.63) is 23.8 Å². The molecule has 0 bridgehead atoms. The first-order valence-corrected chi connectivity index (χ1v) is 8.57. The Bertz CT molecular complexity index is 599. The molecule has 2 rings (SSSR count). The van der Waals surface area contributed by atoms with Gasteiger partial charge in [0.25, 0.3) is 0 Å². The van der Waals surface area contributed by atoms with Gasteiger partial charge in [0.2, 0.25) is 0 Å². The van der Waals surface area contributed by atoms with Crippen LogP contribution in [-0.2, 0) is 4.79 Å². The number of nitrogens with zero attached hydrogens (tertiary/aromatic N) is 1. The van der Waals surface area contributed by atoms with Crippen LogP contribution in [-0.4, -0.2) is 38.7 Å². The van der Waals surface area contributed by atoms with E-state index in [1.165, 1.54) is 0 Å². The Kier molecular flexibility index (Phi) is 6.06. The quantitative estimate of drug-likeness (QED) is 0.620. The van der Waals surface area contributed by atoms with Gasteiger partial charge in [-0.1, -0.05) is 13.0 Å². The lowest BCUT2D eigenvalue weighted by Gasteiger charge is -2.31. The van der Waals surface area contributed by atoms with E-state index in [2.05, 4.69) is 41.5 Å². The number of esters is 1. The fraction of sp³-hybridized carbons (Fsp3) is 0.556. The first-order chi connectivity index (χ1) is 11.5. The maximum absolute atomic E-state index is 12.4. The molecule has 1 aliphatic rings. The maximum atomic E-state index is 12.4. The Balaban J connectivity index is 2.12. The molecule has 2 N–H and O–H groups in total. The lowest BCUT2D eigenvalue weighted by atomic mass is 9.83. The number of urea groups is 1. The molecule has 1 aromatic rings. The van der Waals surface area contributed by atoms with Crippen LogP contribution in [0.1, 0.15) is 38.7 Å². The molecule has 0 saturated carbocycles. The van der Waals surface area contributed by atoms with E-state index in [9.17, 15) is 9.59 Å². The van der Waals surface area contributed by atoms with Gasteiger partial charge in [0.15, 0.2) is 0 Å². The second-order valence-electron chi connectivity index (χ2n) is 6.01. The van der Waals surface area contributed by atoms with Crippen LogP contribution in [0.3, 0.4) is 0 Å². The summed E-state index contributed by atoms with van der Waals surface area (Å²) in [6.45, 7) is 8.51. The number of carbonyl (C=O) groups excluding carboxylic acids is 2. The largest absolute Gasteiger partial charge is 0.426 e. The van der Waals surface area contributed by atoms with E-state index < -0.39 is 0 Å². The van der Waals surface area contributed by atoms with Crippen LogP contribution in [0.15, 0.2) is 18.2 Å². The molecule has 2 unspecified atom stereocenters. The molecular weight excluding hydrogens is 306 g/mol. The number of nitrogens with one attached hydrogen (secondary N) is 2. The summed E-state index contributed by atoms with van der Waals surface area (Å²) in [5, 5.41) is 5.22. The number of hydrogen-bond donors (Lipinski definition) is 2. The van der Waals surface area contributed by atoms with Crippen molar-refractivity contribution < 1.29 is 14.3 Å². The Morgan fingerprint density at radius 2 is 2.00 bits per heavy atom. The van der Waals surface area contributed by atoms with Crippen molar-refractivity contribution in [3.63, 3.8) is 0 Å². The second kappa shape index (κ2) is 8.04. The molecule has 132 valence electrons. The van der Waals surface area contributed by atoms with Gasteiger partial charge in [-0.05, 0) is 37.8 Å². The normalized spacial score (nSPS) is 19.2. The minimum atomic E-state index is -0.242. The highest BCUT2D eigenvalue weighted by atomic mass is 16.5. The highest BCUT2D eigenvalue weighted by Gasteiger charge is 2.34. The lowest BCUT2D eigenvalue weighted by molar-refractivity contribution is -0.141. The highest BCUT2D eigenvalue weighted by molar-refractivity contribution is 5.80. The number of ether oxygens (including phenoxy) is 1. The number of rotatable bonds is 6. The molecular formula is C18H27N3O3. The van der Waals surface area contributed by atoms with E-state index >= 15 is 0 Å². The van der Waals surface area contributed by atoms with E-state index in [0.29, 0.717) is 18.7 Å². The summed E-state index contributed by atoms with van der Waals surface area (Å²) in [6.07, 6.45) is 0.560. The third kappa shape index (κ3) is 3.80. The van der Waals surface area contributed by atoms with Crippen molar-refractivity contribution in [2.24, 2.45) is 5.92 Å². The van der Waals surface area contributed by atoms with E-state index in [1.54, 1.807) is 7.05 Å². The van der Waals surface area contributed by atoms with Crippen molar-refractivity contribution in [3.8, 4) is 5.75 Å². The van der Waals surface area contributed by atoms with Crippen LogP contribution in [0.5, 0.6) is 5.75 Å². The van der Waals surface area contributed by atoms with Gasteiger partial charge in [-0.3, -0.25) is 4.79 Å². The zero-order chi connectivity index (χ0) is 17.7. The van der Waals surface area contributed by atoms with Gasteiger partial charge < -0.3 is 20.3 Å².